The van der Waals surface area contributed by atoms with Gasteiger partial charge in [-0.2, -0.15) is 0 Å². The smallest absolute Gasteiger partial charge is 0.0708 e. The first-order valence-corrected chi connectivity index (χ1v) is 18.2. The maximum Gasteiger partial charge on any atom is 0.0708 e. The minimum absolute atomic E-state index is 0.204. The number of rotatable bonds is 5. The lowest BCUT2D eigenvalue weighted by Gasteiger charge is -2.22. The Kier molecular flexibility index (Phi) is 7.39. The van der Waals surface area contributed by atoms with Crippen molar-refractivity contribution >= 4 is 21.8 Å². The Labute approximate surface area is 304 Å². The molecule has 2 heterocycles. The van der Waals surface area contributed by atoms with E-state index in [9.17, 15) is 0 Å². The molecule has 2 heteroatoms. The number of fused-ring (bicyclic) bond motifs is 7. The molecule has 1 atom stereocenters. The number of pyridine rings is 1. The van der Waals surface area contributed by atoms with Gasteiger partial charge in [-0.1, -0.05) is 146 Å². The molecule has 2 nitrogen and oxygen atoms in total. The fourth-order valence-electron chi connectivity index (χ4n) is 8.66. The second kappa shape index (κ2) is 12.7. The highest BCUT2D eigenvalue weighted by Crippen LogP contribution is 2.50. The largest absolute Gasteiger partial charge is 0.309 e. The molecular weight excluding hydrogens is 629 g/mol. The average Bonchev–Trinajstić information content (AvgIpc) is 3.46. The fraction of sp³-hybridized carbons (Fsp3) is 0.0600. The van der Waals surface area contributed by atoms with Crippen LogP contribution in [0.25, 0.3) is 72.1 Å². The van der Waals surface area contributed by atoms with Gasteiger partial charge in [-0.05, 0) is 99.3 Å². The standard InChI is InChI=1S/C50H36N2/c1-3-15-34(16-4-1)35-26-28-36(29-27-35)38-19-7-8-20-39(38)41-30-31-44-49(43-23-10-9-21-40(41)43)46(47-24-13-14-32-51-47)33-45-42-22-11-12-25-48(42)52(50(44)45)37-17-5-2-6-18-37/h1-29,32-33,41H,30-31H2. The number of aryl methyl sites for hydroxylation is 1. The van der Waals surface area contributed by atoms with Crippen LogP contribution in [-0.2, 0) is 6.42 Å². The highest BCUT2D eigenvalue weighted by molar-refractivity contribution is 6.14. The van der Waals surface area contributed by atoms with Crippen LogP contribution in [0.3, 0.4) is 0 Å². The van der Waals surface area contributed by atoms with E-state index in [0.29, 0.717) is 0 Å². The van der Waals surface area contributed by atoms with Gasteiger partial charge in [-0.15, -0.1) is 0 Å². The van der Waals surface area contributed by atoms with Crippen LogP contribution >= 0.6 is 0 Å². The molecule has 9 aromatic rings. The van der Waals surface area contributed by atoms with Gasteiger partial charge in [-0.3, -0.25) is 4.98 Å². The second-order valence-electron chi connectivity index (χ2n) is 13.8. The molecule has 246 valence electrons. The van der Waals surface area contributed by atoms with Crippen LogP contribution in [0.15, 0.2) is 188 Å². The van der Waals surface area contributed by atoms with E-state index < -0.39 is 0 Å². The van der Waals surface area contributed by atoms with E-state index in [4.69, 9.17) is 4.98 Å². The number of nitrogens with zero attached hydrogens (tertiary/aromatic N) is 2. The molecule has 1 aliphatic rings. The van der Waals surface area contributed by atoms with Crippen molar-refractivity contribution in [1.29, 1.82) is 0 Å². The van der Waals surface area contributed by atoms with Crippen LogP contribution in [-0.4, -0.2) is 9.55 Å². The first-order chi connectivity index (χ1) is 25.8. The third-order valence-electron chi connectivity index (χ3n) is 10.9. The number of aromatic nitrogens is 2. The second-order valence-corrected chi connectivity index (χ2v) is 13.8. The summed E-state index contributed by atoms with van der Waals surface area (Å²) < 4.78 is 2.50. The molecule has 0 N–H and O–H groups in total. The monoisotopic (exact) mass is 664 g/mol. The highest BCUT2D eigenvalue weighted by Gasteiger charge is 2.30. The minimum atomic E-state index is 0.204. The van der Waals surface area contributed by atoms with E-state index >= 15 is 0 Å². The lowest BCUT2D eigenvalue weighted by molar-refractivity contribution is 0.728. The van der Waals surface area contributed by atoms with Crippen LogP contribution in [0.1, 0.15) is 29.0 Å². The zero-order chi connectivity index (χ0) is 34.4. The van der Waals surface area contributed by atoms with E-state index in [2.05, 4.69) is 180 Å². The molecule has 0 aliphatic heterocycles. The molecule has 2 aromatic heterocycles. The summed E-state index contributed by atoms with van der Waals surface area (Å²) in [6.07, 6.45) is 3.83. The van der Waals surface area contributed by atoms with Gasteiger partial charge in [0.15, 0.2) is 0 Å². The Bertz CT molecular complexity index is 2710. The predicted octanol–water partition coefficient (Wildman–Crippen LogP) is 12.9. The highest BCUT2D eigenvalue weighted by atomic mass is 15.0. The molecule has 0 amide bonds. The minimum Gasteiger partial charge on any atom is -0.309 e. The topological polar surface area (TPSA) is 17.8 Å². The predicted molar refractivity (Wildman–Crippen MR) is 217 cm³/mol. The Balaban J connectivity index is 1.21. The SMILES string of the molecule is c1ccc(-c2ccc(-c3ccccc3C3CCc4c(c(-c5ccccn5)cc5c6ccccc6n(-c6ccccc6)c45)-c4ccccc43)cc2)cc1. The van der Waals surface area contributed by atoms with E-state index in [1.165, 1.54) is 83.1 Å². The number of para-hydroxylation sites is 2. The average molecular weight is 665 g/mol. The Morgan fingerprint density at radius 1 is 0.481 bits per heavy atom. The Hall–Kier alpha value is -6.51. The first kappa shape index (κ1) is 30.3. The van der Waals surface area contributed by atoms with Gasteiger partial charge in [0, 0.05) is 34.1 Å². The molecule has 7 aromatic carbocycles. The maximum atomic E-state index is 4.97. The molecular formula is C50H36N2. The molecule has 10 rings (SSSR count). The summed E-state index contributed by atoms with van der Waals surface area (Å²) in [5, 5.41) is 2.54. The van der Waals surface area contributed by atoms with Gasteiger partial charge in [-0.25, -0.2) is 0 Å². The maximum absolute atomic E-state index is 4.97. The van der Waals surface area contributed by atoms with Crippen molar-refractivity contribution < 1.29 is 0 Å². The van der Waals surface area contributed by atoms with Crippen LogP contribution in [0.4, 0.5) is 0 Å². The van der Waals surface area contributed by atoms with Crippen molar-refractivity contribution in [3.05, 3.63) is 205 Å². The van der Waals surface area contributed by atoms with Gasteiger partial charge < -0.3 is 4.57 Å². The summed E-state index contributed by atoms with van der Waals surface area (Å²) >= 11 is 0. The normalized spacial score (nSPS) is 13.8. The zero-order valence-corrected chi connectivity index (χ0v) is 28.8. The molecule has 0 radical (unpaired) electrons. The fourth-order valence-corrected chi connectivity index (χ4v) is 8.66. The molecule has 1 unspecified atom stereocenters. The Morgan fingerprint density at radius 3 is 1.87 bits per heavy atom. The molecule has 0 spiro atoms. The van der Waals surface area contributed by atoms with Gasteiger partial charge in [0.1, 0.15) is 0 Å². The van der Waals surface area contributed by atoms with Crippen molar-refractivity contribution in [2.24, 2.45) is 0 Å². The summed E-state index contributed by atoms with van der Waals surface area (Å²) in [6.45, 7) is 0. The Morgan fingerprint density at radius 2 is 1.10 bits per heavy atom. The third kappa shape index (κ3) is 4.99. The van der Waals surface area contributed by atoms with E-state index in [1.54, 1.807) is 0 Å². The van der Waals surface area contributed by atoms with Crippen LogP contribution in [0.2, 0.25) is 0 Å². The van der Waals surface area contributed by atoms with Crippen molar-refractivity contribution in [3.8, 4) is 50.3 Å². The van der Waals surface area contributed by atoms with Crippen LogP contribution < -0.4 is 0 Å². The van der Waals surface area contributed by atoms with Crippen molar-refractivity contribution in [2.45, 2.75) is 18.8 Å². The van der Waals surface area contributed by atoms with Crippen molar-refractivity contribution in [3.63, 3.8) is 0 Å². The summed E-state index contributed by atoms with van der Waals surface area (Å²) in [4.78, 5) is 4.97. The molecule has 0 bridgehead atoms. The van der Waals surface area contributed by atoms with Crippen molar-refractivity contribution in [2.75, 3.05) is 0 Å². The van der Waals surface area contributed by atoms with Gasteiger partial charge in [0.05, 0.1) is 16.7 Å². The van der Waals surface area contributed by atoms with Crippen LogP contribution in [0, 0.1) is 0 Å². The summed E-state index contributed by atoms with van der Waals surface area (Å²) in [5.41, 5.74) is 17.6. The first-order valence-electron chi connectivity index (χ1n) is 18.2. The lowest BCUT2D eigenvalue weighted by Crippen LogP contribution is -2.04. The lowest BCUT2D eigenvalue weighted by atomic mass is 9.81. The summed E-state index contributed by atoms with van der Waals surface area (Å²) in [6, 6.07) is 66.3. The third-order valence-corrected chi connectivity index (χ3v) is 10.9. The molecule has 0 saturated heterocycles. The molecule has 0 fully saturated rings. The number of benzene rings is 7. The molecule has 52 heavy (non-hydrogen) atoms. The zero-order valence-electron chi connectivity index (χ0n) is 28.8. The quantitative estimate of drug-likeness (QED) is 0.179. The van der Waals surface area contributed by atoms with E-state index in [1.807, 2.05) is 12.3 Å². The summed E-state index contributed by atoms with van der Waals surface area (Å²) in [5.74, 6) is 0.204. The number of hydrogen-bond donors (Lipinski definition) is 0. The number of hydrogen-bond acceptors (Lipinski definition) is 1. The van der Waals surface area contributed by atoms with E-state index in [-0.39, 0.29) is 5.92 Å². The molecule has 0 saturated carbocycles. The van der Waals surface area contributed by atoms with Gasteiger partial charge in [0.25, 0.3) is 0 Å². The van der Waals surface area contributed by atoms with Crippen molar-refractivity contribution in [1.82, 2.24) is 9.55 Å². The van der Waals surface area contributed by atoms with Gasteiger partial charge >= 0.3 is 0 Å². The summed E-state index contributed by atoms with van der Waals surface area (Å²) in [7, 11) is 0. The van der Waals surface area contributed by atoms with E-state index in [0.717, 1.165) is 18.5 Å². The van der Waals surface area contributed by atoms with Crippen LogP contribution in [0.5, 0.6) is 0 Å². The van der Waals surface area contributed by atoms with Gasteiger partial charge in [0.2, 0.25) is 0 Å². The molecule has 1 aliphatic carbocycles.